The smallest absolute Gasteiger partial charge is 0.335 e. The molecule has 1 amide bonds. The highest BCUT2D eigenvalue weighted by Crippen LogP contribution is 2.10. The van der Waals surface area contributed by atoms with Crippen LogP contribution in [0.3, 0.4) is 0 Å². The zero-order chi connectivity index (χ0) is 14.5. The highest BCUT2D eigenvalue weighted by Gasteiger charge is 2.05. The molecule has 0 aliphatic carbocycles. The quantitative estimate of drug-likeness (QED) is 0.842. The molecule has 102 valence electrons. The molecule has 20 heavy (non-hydrogen) atoms. The zero-order valence-corrected chi connectivity index (χ0v) is 11.3. The van der Waals surface area contributed by atoms with E-state index in [1.54, 1.807) is 6.08 Å². The summed E-state index contributed by atoms with van der Waals surface area (Å²) >= 11 is 1.49. The first kappa shape index (κ1) is 13.9. The molecule has 0 spiro atoms. The van der Waals surface area contributed by atoms with E-state index in [2.05, 4.69) is 15.3 Å². The van der Waals surface area contributed by atoms with Crippen molar-refractivity contribution in [3.05, 3.63) is 46.1 Å². The largest absolute Gasteiger partial charge is 0.478 e. The summed E-state index contributed by atoms with van der Waals surface area (Å²) in [5.74, 6) is -1.28. The van der Waals surface area contributed by atoms with Gasteiger partial charge in [0, 0.05) is 17.7 Å². The molecule has 0 radical (unpaired) electrons. The zero-order valence-electron chi connectivity index (χ0n) is 10.5. The van der Waals surface area contributed by atoms with Gasteiger partial charge in [0.2, 0.25) is 5.91 Å². The molecule has 0 aromatic carbocycles. The van der Waals surface area contributed by atoms with Crippen LogP contribution in [0.5, 0.6) is 0 Å². The number of nitrogens with one attached hydrogen (secondary N) is 1. The van der Waals surface area contributed by atoms with Crippen LogP contribution in [0.15, 0.2) is 29.8 Å². The van der Waals surface area contributed by atoms with Gasteiger partial charge in [0.05, 0.1) is 16.3 Å². The minimum atomic E-state index is -1.07. The lowest BCUT2D eigenvalue weighted by Crippen LogP contribution is -2.10. The van der Waals surface area contributed by atoms with Crippen molar-refractivity contribution in [1.29, 1.82) is 0 Å². The van der Waals surface area contributed by atoms with Crippen molar-refractivity contribution in [2.75, 3.05) is 5.32 Å². The fourth-order valence-corrected chi connectivity index (χ4v) is 2.00. The maximum absolute atomic E-state index is 11.7. The van der Waals surface area contributed by atoms with Crippen LogP contribution >= 0.6 is 11.3 Å². The van der Waals surface area contributed by atoms with Gasteiger partial charge in [0.1, 0.15) is 5.82 Å². The Balaban J connectivity index is 2.02. The van der Waals surface area contributed by atoms with Crippen molar-refractivity contribution in [3.8, 4) is 0 Å². The highest BCUT2D eigenvalue weighted by atomic mass is 32.1. The van der Waals surface area contributed by atoms with Crippen molar-refractivity contribution in [3.63, 3.8) is 0 Å². The second-order valence-corrected chi connectivity index (χ2v) is 4.91. The van der Waals surface area contributed by atoms with E-state index in [0.717, 1.165) is 5.01 Å². The summed E-state index contributed by atoms with van der Waals surface area (Å²) in [5.41, 5.74) is 0.768. The van der Waals surface area contributed by atoms with Gasteiger partial charge in [-0.2, -0.15) is 0 Å². The van der Waals surface area contributed by atoms with E-state index in [1.165, 1.54) is 35.7 Å². The molecule has 0 unspecified atom stereocenters. The summed E-state index contributed by atoms with van der Waals surface area (Å²) in [4.78, 5) is 30.5. The molecule has 7 heteroatoms. The van der Waals surface area contributed by atoms with Gasteiger partial charge in [0.25, 0.3) is 0 Å². The van der Waals surface area contributed by atoms with E-state index in [0.29, 0.717) is 5.69 Å². The van der Waals surface area contributed by atoms with Gasteiger partial charge in [-0.05, 0) is 25.1 Å². The predicted molar refractivity (Wildman–Crippen MR) is 75.7 cm³/mol. The minimum absolute atomic E-state index is 0.0643. The fourth-order valence-electron chi connectivity index (χ4n) is 1.42. The Labute approximate surface area is 118 Å². The van der Waals surface area contributed by atoms with Gasteiger partial charge in [-0.15, -0.1) is 11.3 Å². The number of aromatic carboxylic acids is 1. The third-order valence-electron chi connectivity index (χ3n) is 2.30. The summed E-state index contributed by atoms with van der Waals surface area (Å²) in [7, 11) is 0. The number of hydrogen-bond acceptors (Lipinski definition) is 5. The summed E-state index contributed by atoms with van der Waals surface area (Å²) in [6.45, 7) is 1.88. The van der Waals surface area contributed by atoms with Crippen LogP contribution in [0.4, 0.5) is 5.82 Å². The number of aryl methyl sites for hydroxylation is 1. The minimum Gasteiger partial charge on any atom is -0.478 e. The lowest BCUT2D eigenvalue weighted by Gasteiger charge is -2.01. The Morgan fingerprint density at radius 1 is 1.45 bits per heavy atom. The van der Waals surface area contributed by atoms with E-state index in [4.69, 9.17) is 5.11 Å². The van der Waals surface area contributed by atoms with Crippen LogP contribution in [0.2, 0.25) is 0 Å². The third kappa shape index (κ3) is 3.72. The molecule has 6 nitrogen and oxygen atoms in total. The first-order valence-corrected chi connectivity index (χ1v) is 6.53. The molecule has 2 aromatic heterocycles. The number of aromatic nitrogens is 2. The van der Waals surface area contributed by atoms with Gasteiger partial charge >= 0.3 is 5.97 Å². The van der Waals surface area contributed by atoms with E-state index in [9.17, 15) is 9.59 Å². The normalized spacial score (nSPS) is 10.7. The van der Waals surface area contributed by atoms with E-state index < -0.39 is 11.9 Å². The topological polar surface area (TPSA) is 92.2 Å². The maximum Gasteiger partial charge on any atom is 0.335 e. The van der Waals surface area contributed by atoms with Crippen LogP contribution in [-0.4, -0.2) is 27.0 Å². The molecule has 2 heterocycles. The number of rotatable bonds is 4. The Bertz CT molecular complexity index is 679. The number of amides is 1. The summed E-state index contributed by atoms with van der Waals surface area (Å²) in [5, 5.41) is 14.1. The first-order valence-electron chi connectivity index (χ1n) is 5.65. The maximum atomic E-state index is 11.7. The molecule has 0 saturated heterocycles. The number of hydrogen-bond donors (Lipinski definition) is 2. The molecule has 0 aliphatic heterocycles. The van der Waals surface area contributed by atoms with Gasteiger partial charge in [0.15, 0.2) is 0 Å². The SMILES string of the molecule is Cc1nc(C=CC(=O)Nc2cc(C(=O)O)ccn2)cs1. The number of carbonyl (C=O) groups is 2. The Hall–Kier alpha value is -2.54. The molecule has 2 rings (SSSR count). The number of pyridine rings is 1. The third-order valence-corrected chi connectivity index (χ3v) is 3.09. The van der Waals surface area contributed by atoms with Crippen molar-refractivity contribution in [2.24, 2.45) is 0 Å². The van der Waals surface area contributed by atoms with Crippen molar-refractivity contribution < 1.29 is 14.7 Å². The second-order valence-electron chi connectivity index (χ2n) is 3.85. The van der Waals surface area contributed by atoms with Gasteiger partial charge in [-0.25, -0.2) is 14.8 Å². The van der Waals surface area contributed by atoms with Crippen LogP contribution in [0.25, 0.3) is 6.08 Å². The monoisotopic (exact) mass is 289 g/mol. The molecule has 0 saturated carbocycles. The van der Waals surface area contributed by atoms with Gasteiger partial charge in [-0.3, -0.25) is 4.79 Å². The highest BCUT2D eigenvalue weighted by molar-refractivity contribution is 7.09. The lowest BCUT2D eigenvalue weighted by atomic mass is 10.2. The average molecular weight is 289 g/mol. The van der Waals surface area contributed by atoms with Crippen LogP contribution in [0, 0.1) is 6.92 Å². The summed E-state index contributed by atoms with van der Waals surface area (Å²) < 4.78 is 0. The molecule has 0 bridgehead atoms. The lowest BCUT2D eigenvalue weighted by molar-refractivity contribution is -0.111. The van der Waals surface area contributed by atoms with E-state index in [-0.39, 0.29) is 11.4 Å². The van der Waals surface area contributed by atoms with Crippen molar-refractivity contribution >= 4 is 35.1 Å². The molecular formula is C13H11N3O3S. The Morgan fingerprint density at radius 3 is 2.90 bits per heavy atom. The fraction of sp³-hybridized carbons (Fsp3) is 0.0769. The number of carboxylic acid groups (broad SMARTS) is 1. The van der Waals surface area contributed by atoms with E-state index in [1.807, 2.05) is 12.3 Å². The summed E-state index contributed by atoms with van der Waals surface area (Å²) in [6, 6.07) is 2.65. The van der Waals surface area contributed by atoms with Crippen molar-refractivity contribution in [2.45, 2.75) is 6.92 Å². The molecule has 2 aromatic rings. The number of anilines is 1. The predicted octanol–water partition coefficient (Wildman–Crippen LogP) is 2.20. The molecular weight excluding hydrogens is 278 g/mol. The van der Waals surface area contributed by atoms with Crippen LogP contribution in [-0.2, 0) is 4.79 Å². The Morgan fingerprint density at radius 2 is 2.25 bits per heavy atom. The first-order chi connectivity index (χ1) is 9.54. The van der Waals surface area contributed by atoms with Crippen LogP contribution < -0.4 is 5.32 Å². The van der Waals surface area contributed by atoms with Crippen molar-refractivity contribution in [1.82, 2.24) is 9.97 Å². The summed E-state index contributed by atoms with van der Waals surface area (Å²) in [6.07, 6.45) is 4.23. The van der Waals surface area contributed by atoms with Gasteiger partial charge < -0.3 is 10.4 Å². The Kier molecular flexibility index (Phi) is 4.21. The second kappa shape index (κ2) is 6.07. The molecule has 0 atom stereocenters. The van der Waals surface area contributed by atoms with Gasteiger partial charge in [-0.1, -0.05) is 0 Å². The number of thiazole rings is 1. The number of nitrogens with zero attached hydrogens (tertiary/aromatic N) is 2. The number of carboxylic acids is 1. The van der Waals surface area contributed by atoms with E-state index >= 15 is 0 Å². The molecule has 0 aliphatic rings. The number of carbonyl (C=O) groups excluding carboxylic acids is 1. The van der Waals surface area contributed by atoms with Crippen LogP contribution in [0.1, 0.15) is 21.1 Å². The average Bonchev–Trinajstić information content (AvgIpc) is 2.82. The molecule has 0 fully saturated rings. The molecule has 2 N–H and O–H groups in total. The standard InChI is InChI=1S/C13H11N3O3S/c1-8-15-10(7-20-8)2-3-12(17)16-11-6-9(13(18)19)4-5-14-11/h2-7H,1H3,(H,18,19)(H,14,16,17).